The van der Waals surface area contributed by atoms with E-state index in [-0.39, 0.29) is 5.92 Å². The van der Waals surface area contributed by atoms with Gasteiger partial charge in [0.15, 0.2) is 0 Å². The number of halogens is 2. The molecule has 0 aliphatic heterocycles. The van der Waals surface area contributed by atoms with E-state index in [0.717, 1.165) is 18.4 Å². The summed E-state index contributed by atoms with van der Waals surface area (Å²) in [5.41, 5.74) is 7.68. The van der Waals surface area contributed by atoms with Gasteiger partial charge in [0.1, 0.15) is 0 Å². The summed E-state index contributed by atoms with van der Waals surface area (Å²) in [6.07, 6.45) is -0.794. The second-order valence-electron chi connectivity index (χ2n) is 3.76. The molecule has 1 aromatic rings. The zero-order valence-corrected chi connectivity index (χ0v) is 7.79. The van der Waals surface area contributed by atoms with E-state index in [1.807, 2.05) is 24.3 Å². The van der Waals surface area contributed by atoms with Crippen molar-refractivity contribution < 1.29 is 8.78 Å². The Morgan fingerprint density at radius 2 is 2.00 bits per heavy atom. The van der Waals surface area contributed by atoms with Crippen LogP contribution in [0.25, 0.3) is 0 Å². The SMILES string of the molecule is NC(C(F)F)C1CCc2ccccc21. The molecule has 0 radical (unpaired) electrons. The summed E-state index contributed by atoms with van der Waals surface area (Å²) in [6, 6.07) is 6.71. The van der Waals surface area contributed by atoms with E-state index in [2.05, 4.69) is 0 Å². The highest BCUT2D eigenvalue weighted by Crippen LogP contribution is 2.36. The van der Waals surface area contributed by atoms with Crippen molar-refractivity contribution in [2.45, 2.75) is 31.2 Å². The lowest BCUT2D eigenvalue weighted by atomic mass is 9.94. The van der Waals surface area contributed by atoms with Gasteiger partial charge in [-0.2, -0.15) is 0 Å². The summed E-state index contributed by atoms with van der Waals surface area (Å²) in [7, 11) is 0. The van der Waals surface area contributed by atoms with Gasteiger partial charge in [-0.15, -0.1) is 0 Å². The van der Waals surface area contributed by atoms with Gasteiger partial charge in [0.25, 0.3) is 6.43 Å². The highest BCUT2D eigenvalue weighted by atomic mass is 19.3. The van der Waals surface area contributed by atoms with Crippen molar-refractivity contribution in [1.82, 2.24) is 0 Å². The Labute approximate surface area is 81.9 Å². The van der Waals surface area contributed by atoms with Crippen molar-refractivity contribution in [3.05, 3.63) is 35.4 Å². The molecule has 2 unspecified atom stereocenters. The quantitative estimate of drug-likeness (QED) is 0.773. The minimum absolute atomic E-state index is 0.161. The van der Waals surface area contributed by atoms with Crippen LogP contribution in [-0.4, -0.2) is 12.5 Å². The smallest absolute Gasteiger partial charge is 0.254 e. The summed E-state index contributed by atoms with van der Waals surface area (Å²) in [6.45, 7) is 0. The molecular weight excluding hydrogens is 184 g/mol. The van der Waals surface area contributed by atoms with E-state index in [1.54, 1.807) is 0 Å². The van der Waals surface area contributed by atoms with Crippen LogP contribution < -0.4 is 5.73 Å². The number of nitrogens with two attached hydrogens (primary N) is 1. The Bertz CT molecular complexity index is 325. The van der Waals surface area contributed by atoms with Crippen molar-refractivity contribution in [3.63, 3.8) is 0 Å². The molecule has 0 aromatic heterocycles. The number of aryl methyl sites for hydroxylation is 1. The van der Waals surface area contributed by atoms with Crippen LogP contribution >= 0.6 is 0 Å². The van der Waals surface area contributed by atoms with Crippen LogP contribution in [0.1, 0.15) is 23.5 Å². The number of rotatable bonds is 2. The van der Waals surface area contributed by atoms with Gasteiger partial charge in [-0.3, -0.25) is 0 Å². The van der Waals surface area contributed by atoms with Crippen LogP contribution in [0.15, 0.2) is 24.3 Å². The molecule has 14 heavy (non-hydrogen) atoms. The topological polar surface area (TPSA) is 26.0 Å². The van der Waals surface area contributed by atoms with Gasteiger partial charge in [-0.1, -0.05) is 24.3 Å². The van der Waals surface area contributed by atoms with Crippen LogP contribution in [0.3, 0.4) is 0 Å². The lowest BCUT2D eigenvalue weighted by Crippen LogP contribution is -2.34. The molecule has 0 saturated heterocycles. The van der Waals surface area contributed by atoms with Crippen molar-refractivity contribution in [3.8, 4) is 0 Å². The van der Waals surface area contributed by atoms with Gasteiger partial charge in [-0.05, 0) is 24.0 Å². The van der Waals surface area contributed by atoms with E-state index in [1.165, 1.54) is 5.56 Å². The van der Waals surface area contributed by atoms with E-state index in [0.29, 0.717) is 0 Å². The first-order valence-corrected chi connectivity index (χ1v) is 4.81. The van der Waals surface area contributed by atoms with Gasteiger partial charge < -0.3 is 5.73 Å². The lowest BCUT2D eigenvalue weighted by Gasteiger charge is -2.19. The van der Waals surface area contributed by atoms with Crippen molar-refractivity contribution in [2.75, 3.05) is 0 Å². The van der Waals surface area contributed by atoms with Gasteiger partial charge in [-0.25, -0.2) is 8.78 Å². The third-order valence-corrected chi connectivity index (χ3v) is 2.93. The lowest BCUT2D eigenvalue weighted by molar-refractivity contribution is 0.104. The molecule has 0 heterocycles. The first kappa shape index (κ1) is 9.59. The minimum Gasteiger partial charge on any atom is -0.322 e. The molecule has 0 bridgehead atoms. The highest BCUT2D eigenvalue weighted by molar-refractivity contribution is 5.36. The molecule has 2 N–H and O–H groups in total. The Kier molecular flexibility index (Phi) is 2.50. The standard InChI is InChI=1S/C11H13F2N/c12-11(13)10(14)9-6-5-7-3-1-2-4-8(7)9/h1-4,9-11H,5-6,14H2. The predicted octanol–water partition coefficient (Wildman–Crippen LogP) is 2.31. The average molecular weight is 197 g/mol. The van der Waals surface area contributed by atoms with Gasteiger partial charge in [0, 0.05) is 5.92 Å². The molecule has 3 heteroatoms. The van der Waals surface area contributed by atoms with E-state index >= 15 is 0 Å². The monoisotopic (exact) mass is 197 g/mol. The largest absolute Gasteiger partial charge is 0.322 e. The number of hydrogen-bond acceptors (Lipinski definition) is 1. The van der Waals surface area contributed by atoms with Crippen molar-refractivity contribution >= 4 is 0 Å². The molecule has 0 fully saturated rings. The van der Waals surface area contributed by atoms with Crippen LogP contribution in [0.4, 0.5) is 8.78 Å². The zero-order chi connectivity index (χ0) is 10.1. The third-order valence-electron chi connectivity index (χ3n) is 2.93. The number of hydrogen-bond donors (Lipinski definition) is 1. The van der Waals surface area contributed by atoms with Crippen molar-refractivity contribution in [1.29, 1.82) is 0 Å². The van der Waals surface area contributed by atoms with Gasteiger partial charge >= 0.3 is 0 Å². The zero-order valence-electron chi connectivity index (χ0n) is 7.79. The molecule has 76 valence electrons. The Morgan fingerprint density at radius 1 is 1.29 bits per heavy atom. The maximum absolute atomic E-state index is 12.4. The molecule has 0 spiro atoms. The molecule has 1 nitrogen and oxygen atoms in total. The second-order valence-corrected chi connectivity index (χ2v) is 3.76. The first-order valence-electron chi connectivity index (χ1n) is 4.81. The normalized spacial score (nSPS) is 22.4. The fraction of sp³-hybridized carbons (Fsp3) is 0.455. The maximum atomic E-state index is 12.4. The molecule has 2 atom stereocenters. The minimum atomic E-state index is -2.42. The van der Waals surface area contributed by atoms with Crippen LogP contribution in [0.5, 0.6) is 0 Å². The second kappa shape index (κ2) is 3.65. The Hall–Kier alpha value is -0.960. The number of alkyl halides is 2. The van der Waals surface area contributed by atoms with E-state index < -0.39 is 12.5 Å². The van der Waals surface area contributed by atoms with Gasteiger partial charge in [0.05, 0.1) is 6.04 Å². The van der Waals surface area contributed by atoms with Crippen LogP contribution in [0.2, 0.25) is 0 Å². The van der Waals surface area contributed by atoms with Crippen LogP contribution in [-0.2, 0) is 6.42 Å². The average Bonchev–Trinajstić information content (AvgIpc) is 2.60. The van der Waals surface area contributed by atoms with E-state index in [9.17, 15) is 8.78 Å². The summed E-state index contributed by atoms with van der Waals surface area (Å²) in [5.74, 6) is -0.161. The number of fused-ring (bicyclic) bond motifs is 1. The molecule has 0 saturated carbocycles. The number of benzene rings is 1. The molecule has 1 aliphatic rings. The fourth-order valence-corrected chi connectivity index (χ4v) is 2.17. The van der Waals surface area contributed by atoms with Crippen LogP contribution in [0, 0.1) is 0 Å². The molecule has 2 rings (SSSR count). The third kappa shape index (κ3) is 1.52. The van der Waals surface area contributed by atoms with E-state index in [4.69, 9.17) is 5.73 Å². The molecule has 1 aromatic carbocycles. The summed E-state index contributed by atoms with van der Waals surface area (Å²) < 4.78 is 24.9. The molecular formula is C11H13F2N. The molecule has 1 aliphatic carbocycles. The van der Waals surface area contributed by atoms with Gasteiger partial charge in [0.2, 0.25) is 0 Å². The Balaban J connectivity index is 2.26. The Morgan fingerprint density at radius 3 is 2.71 bits per heavy atom. The van der Waals surface area contributed by atoms with Crippen molar-refractivity contribution in [2.24, 2.45) is 5.73 Å². The fourth-order valence-electron chi connectivity index (χ4n) is 2.17. The highest BCUT2D eigenvalue weighted by Gasteiger charge is 2.32. The summed E-state index contributed by atoms with van der Waals surface area (Å²) in [4.78, 5) is 0. The summed E-state index contributed by atoms with van der Waals surface area (Å²) >= 11 is 0. The maximum Gasteiger partial charge on any atom is 0.254 e. The predicted molar refractivity (Wildman–Crippen MR) is 51.5 cm³/mol. The molecule has 0 amide bonds. The summed E-state index contributed by atoms with van der Waals surface area (Å²) in [5, 5.41) is 0. The first-order chi connectivity index (χ1) is 6.70.